The van der Waals surface area contributed by atoms with Crippen LogP contribution in [0.15, 0.2) is 47.3 Å². The van der Waals surface area contributed by atoms with Crippen molar-refractivity contribution in [3.63, 3.8) is 0 Å². The summed E-state index contributed by atoms with van der Waals surface area (Å²) in [5.41, 5.74) is 6.47. The number of amides is 1. The van der Waals surface area contributed by atoms with Gasteiger partial charge in [-0.1, -0.05) is 0 Å². The molecule has 0 radical (unpaired) electrons. The minimum atomic E-state index is -4.62. The van der Waals surface area contributed by atoms with E-state index >= 15 is 0 Å². The number of pyridine rings is 1. The molecule has 0 unspecified atom stereocenters. The van der Waals surface area contributed by atoms with Gasteiger partial charge in [-0.05, 0) is 56.4 Å². The molecule has 12 heteroatoms. The van der Waals surface area contributed by atoms with E-state index < -0.39 is 17.9 Å². The largest absolute Gasteiger partial charge is 0.494 e. The Morgan fingerprint density at radius 2 is 1.95 bits per heavy atom. The van der Waals surface area contributed by atoms with Crippen LogP contribution in [0.1, 0.15) is 53.4 Å². The second-order valence-corrected chi connectivity index (χ2v) is 9.56. The van der Waals surface area contributed by atoms with E-state index in [1.165, 1.54) is 19.2 Å². The van der Waals surface area contributed by atoms with Gasteiger partial charge in [0.15, 0.2) is 11.5 Å². The maximum atomic E-state index is 13.5. The van der Waals surface area contributed by atoms with Crippen LogP contribution < -0.4 is 10.5 Å². The van der Waals surface area contributed by atoms with Crippen molar-refractivity contribution in [3.05, 3.63) is 65.7 Å². The van der Waals surface area contributed by atoms with E-state index in [2.05, 4.69) is 19.9 Å². The molecule has 0 spiro atoms. The third kappa shape index (κ3) is 5.42. The monoisotopic (exact) mass is 540 g/mol. The lowest BCUT2D eigenvalue weighted by atomic mass is 9.92. The van der Waals surface area contributed by atoms with Gasteiger partial charge in [0, 0.05) is 42.6 Å². The zero-order valence-electron chi connectivity index (χ0n) is 21.4. The lowest BCUT2D eigenvalue weighted by molar-refractivity contribution is -0.140. The number of hydrogen-bond donors (Lipinski definition) is 1. The summed E-state index contributed by atoms with van der Waals surface area (Å²) in [5, 5.41) is 0.337. The number of nitrogens with zero attached hydrogens (tertiary/aromatic N) is 5. The number of nitrogens with two attached hydrogens (primary N) is 1. The van der Waals surface area contributed by atoms with Gasteiger partial charge >= 0.3 is 6.18 Å². The van der Waals surface area contributed by atoms with E-state index in [1.54, 1.807) is 36.5 Å². The molecule has 4 aromatic rings. The van der Waals surface area contributed by atoms with Crippen molar-refractivity contribution in [1.82, 2.24) is 24.8 Å². The number of rotatable bonds is 6. The number of fused-ring (bicyclic) bond motifs is 1. The van der Waals surface area contributed by atoms with E-state index in [0.29, 0.717) is 30.0 Å². The molecule has 1 amide bonds. The highest BCUT2D eigenvalue weighted by molar-refractivity contribution is 5.98. The number of ether oxygens (including phenoxy) is 1. The average molecular weight is 541 g/mol. The highest BCUT2D eigenvalue weighted by Crippen LogP contribution is 2.37. The van der Waals surface area contributed by atoms with Gasteiger partial charge in [0.2, 0.25) is 5.89 Å². The summed E-state index contributed by atoms with van der Waals surface area (Å²) in [6, 6.07) is 4.64. The second-order valence-electron chi connectivity index (χ2n) is 9.56. The van der Waals surface area contributed by atoms with Crippen LogP contribution in [0.3, 0.4) is 0 Å². The number of carbonyl (C=O) groups excluding carboxylic acids is 1. The number of carbonyl (C=O) groups is 1. The Hall–Kier alpha value is -4.06. The van der Waals surface area contributed by atoms with Crippen molar-refractivity contribution in [1.29, 1.82) is 0 Å². The standard InChI is InChI=1S/C27H27F3N6O3/c1-15(31)24-23(26(37)36-11-7-16(8-12-36)13-17-14-32-9-10-33-17)35-25(39-24)19-3-5-20(38-2)22-18(19)4-6-21(34-22)27(28,29)30/h3-6,9-10,14-16H,7-8,11-13,31H2,1-2H3/t15-/m0/s1. The Kier molecular flexibility index (Phi) is 7.21. The molecular formula is C27H27F3N6O3. The van der Waals surface area contributed by atoms with Crippen molar-refractivity contribution < 1.29 is 27.1 Å². The summed E-state index contributed by atoms with van der Waals surface area (Å²) in [4.78, 5) is 32.0. The summed E-state index contributed by atoms with van der Waals surface area (Å²) < 4.78 is 51.2. The van der Waals surface area contributed by atoms with Gasteiger partial charge in [0.05, 0.1) is 18.8 Å². The van der Waals surface area contributed by atoms with Crippen LogP contribution in [0, 0.1) is 5.92 Å². The second kappa shape index (κ2) is 10.6. The predicted molar refractivity (Wildman–Crippen MR) is 136 cm³/mol. The van der Waals surface area contributed by atoms with E-state index in [9.17, 15) is 18.0 Å². The van der Waals surface area contributed by atoms with Crippen molar-refractivity contribution in [2.75, 3.05) is 20.2 Å². The Labute approximate surface area is 222 Å². The van der Waals surface area contributed by atoms with Crippen LogP contribution in [0.4, 0.5) is 13.2 Å². The number of aromatic nitrogens is 4. The molecule has 2 N–H and O–H groups in total. The summed E-state index contributed by atoms with van der Waals surface area (Å²) in [6.45, 7) is 2.76. The van der Waals surface area contributed by atoms with Crippen LogP contribution in [0.5, 0.6) is 5.75 Å². The van der Waals surface area contributed by atoms with Gasteiger partial charge in [0.25, 0.3) is 5.91 Å². The minimum absolute atomic E-state index is 0.00317. The molecule has 39 heavy (non-hydrogen) atoms. The summed E-state index contributed by atoms with van der Waals surface area (Å²) in [5.74, 6) is 0.522. The summed E-state index contributed by atoms with van der Waals surface area (Å²) in [6.07, 6.45) is 2.84. The molecule has 1 fully saturated rings. The lowest BCUT2D eigenvalue weighted by Crippen LogP contribution is -2.39. The molecule has 1 aromatic carbocycles. The van der Waals surface area contributed by atoms with Crippen LogP contribution in [0.25, 0.3) is 22.4 Å². The Morgan fingerprint density at radius 3 is 2.59 bits per heavy atom. The van der Waals surface area contributed by atoms with Crippen LogP contribution >= 0.6 is 0 Å². The van der Waals surface area contributed by atoms with Crippen LogP contribution in [-0.4, -0.2) is 50.9 Å². The normalized spacial score (nSPS) is 15.5. The van der Waals surface area contributed by atoms with Crippen LogP contribution in [0.2, 0.25) is 0 Å². The fourth-order valence-electron chi connectivity index (χ4n) is 4.83. The van der Waals surface area contributed by atoms with Crippen molar-refractivity contribution in [2.45, 2.75) is 38.4 Å². The van der Waals surface area contributed by atoms with E-state index in [0.717, 1.165) is 31.0 Å². The highest BCUT2D eigenvalue weighted by atomic mass is 19.4. The van der Waals surface area contributed by atoms with Gasteiger partial charge < -0.3 is 19.8 Å². The topological polar surface area (TPSA) is 120 Å². The maximum absolute atomic E-state index is 13.5. The molecule has 1 atom stereocenters. The fraction of sp³-hybridized carbons (Fsp3) is 0.370. The number of benzene rings is 1. The summed E-state index contributed by atoms with van der Waals surface area (Å²) >= 11 is 0. The molecule has 0 bridgehead atoms. The Morgan fingerprint density at radius 1 is 1.18 bits per heavy atom. The van der Waals surface area contributed by atoms with Crippen molar-refractivity contribution in [2.24, 2.45) is 11.7 Å². The van der Waals surface area contributed by atoms with Gasteiger partial charge in [0.1, 0.15) is 17.0 Å². The number of piperidine rings is 1. The Balaban J connectivity index is 1.43. The number of halogens is 3. The predicted octanol–water partition coefficient (Wildman–Crippen LogP) is 4.82. The third-order valence-corrected chi connectivity index (χ3v) is 6.85. The third-order valence-electron chi connectivity index (χ3n) is 6.85. The quantitative estimate of drug-likeness (QED) is 0.370. The van der Waals surface area contributed by atoms with Gasteiger partial charge in [-0.3, -0.25) is 14.8 Å². The molecule has 1 aliphatic heterocycles. The fourth-order valence-corrected chi connectivity index (χ4v) is 4.83. The first-order valence-corrected chi connectivity index (χ1v) is 12.5. The summed E-state index contributed by atoms with van der Waals surface area (Å²) in [7, 11) is 1.35. The molecular weight excluding hydrogens is 513 g/mol. The Bertz CT molecular complexity index is 1480. The van der Waals surface area contributed by atoms with Crippen molar-refractivity contribution >= 4 is 16.8 Å². The smallest absolute Gasteiger partial charge is 0.433 e. The van der Waals surface area contributed by atoms with E-state index in [4.69, 9.17) is 14.9 Å². The average Bonchev–Trinajstić information content (AvgIpc) is 3.38. The zero-order chi connectivity index (χ0) is 27.7. The minimum Gasteiger partial charge on any atom is -0.494 e. The van der Waals surface area contributed by atoms with Gasteiger partial charge in [-0.2, -0.15) is 13.2 Å². The molecule has 0 aliphatic carbocycles. The maximum Gasteiger partial charge on any atom is 0.433 e. The molecule has 0 saturated carbocycles. The molecule has 204 valence electrons. The van der Waals surface area contributed by atoms with E-state index in [-0.39, 0.29) is 34.5 Å². The van der Waals surface area contributed by atoms with Gasteiger partial charge in [-0.25, -0.2) is 9.97 Å². The number of hydrogen-bond acceptors (Lipinski definition) is 8. The highest BCUT2D eigenvalue weighted by Gasteiger charge is 2.34. The first kappa shape index (κ1) is 26.5. The number of alkyl halides is 3. The molecule has 1 saturated heterocycles. The number of oxazole rings is 1. The van der Waals surface area contributed by atoms with Gasteiger partial charge in [-0.15, -0.1) is 0 Å². The van der Waals surface area contributed by atoms with Crippen LogP contribution in [-0.2, 0) is 12.6 Å². The molecule has 9 nitrogen and oxygen atoms in total. The SMILES string of the molecule is COc1ccc(-c2nc(C(=O)N3CCC(Cc4cnccn4)CC3)c([C@H](C)N)o2)c2ccc(C(F)(F)F)nc12. The molecule has 4 heterocycles. The lowest BCUT2D eigenvalue weighted by Gasteiger charge is -2.31. The number of methoxy groups -OCH3 is 1. The molecule has 1 aliphatic rings. The van der Waals surface area contributed by atoms with E-state index in [1.807, 2.05) is 0 Å². The number of likely N-dealkylation sites (tertiary alicyclic amines) is 1. The zero-order valence-corrected chi connectivity index (χ0v) is 21.4. The molecule has 5 rings (SSSR count). The first-order chi connectivity index (χ1) is 18.7. The van der Waals surface area contributed by atoms with Crippen molar-refractivity contribution in [3.8, 4) is 17.2 Å². The molecule has 3 aromatic heterocycles. The first-order valence-electron chi connectivity index (χ1n) is 12.5.